The largest absolute Gasteiger partial charge is 0.450 e. The SMILES string of the molecule is CC(=O)N1CCc2cc(C(=O)C(C)OC(=O)c3ccc(Br)s3)ccc21. The van der Waals surface area contributed by atoms with Gasteiger partial charge in [0.15, 0.2) is 6.10 Å². The number of benzene rings is 1. The van der Waals surface area contributed by atoms with Crippen molar-refractivity contribution in [3.8, 4) is 0 Å². The predicted octanol–water partition coefficient (Wildman–Crippen LogP) is 3.85. The van der Waals surface area contributed by atoms with E-state index in [4.69, 9.17) is 4.74 Å². The lowest BCUT2D eigenvalue weighted by molar-refractivity contribution is -0.116. The first-order chi connectivity index (χ1) is 11.9. The van der Waals surface area contributed by atoms with Crippen molar-refractivity contribution in [1.82, 2.24) is 0 Å². The van der Waals surface area contributed by atoms with Crippen molar-refractivity contribution in [2.75, 3.05) is 11.4 Å². The number of ether oxygens (including phenoxy) is 1. The zero-order chi connectivity index (χ0) is 18.1. The van der Waals surface area contributed by atoms with Crippen molar-refractivity contribution in [3.63, 3.8) is 0 Å². The second-order valence-electron chi connectivity index (χ2n) is 5.78. The lowest BCUT2D eigenvalue weighted by Gasteiger charge is -2.15. The average Bonchev–Trinajstić information content (AvgIpc) is 3.19. The Balaban J connectivity index is 1.73. The number of hydrogen-bond donors (Lipinski definition) is 0. The minimum atomic E-state index is -0.878. The number of Topliss-reactive ketones (excluding diaryl/α,β-unsaturated/α-hetero) is 1. The van der Waals surface area contributed by atoms with Gasteiger partial charge < -0.3 is 9.64 Å². The number of hydrogen-bond acceptors (Lipinski definition) is 5. The maximum absolute atomic E-state index is 12.6. The summed E-state index contributed by atoms with van der Waals surface area (Å²) in [6.07, 6.45) is -0.162. The summed E-state index contributed by atoms with van der Waals surface area (Å²) in [5.41, 5.74) is 2.29. The number of esters is 1. The molecule has 1 aromatic heterocycles. The summed E-state index contributed by atoms with van der Waals surface area (Å²) in [6, 6.07) is 8.65. The quantitative estimate of drug-likeness (QED) is 0.555. The molecule has 0 fully saturated rings. The van der Waals surface area contributed by atoms with Gasteiger partial charge in [-0.3, -0.25) is 9.59 Å². The van der Waals surface area contributed by atoms with Gasteiger partial charge in [0.05, 0.1) is 3.79 Å². The van der Waals surface area contributed by atoms with Crippen LogP contribution in [0.1, 0.15) is 39.4 Å². The Labute approximate surface area is 157 Å². The van der Waals surface area contributed by atoms with Crippen LogP contribution < -0.4 is 4.90 Å². The smallest absolute Gasteiger partial charge is 0.349 e. The van der Waals surface area contributed by atoms with Crippen molar-refractivity contribution < 1.29 is 19.1 Å². The number of thiophene rings is 1. The van der Waals surface area contributed by atoms with E-state index in [2.05, 4.69) is 15.9 Å². The summed E-state index contributed by atoms with van der Waals surface area (Å²) < 4.78 is 6.11. The van der Waals surface area contributed by atoms with Crippen molar-refractivity contribution in [1.29, 1.82) is 0 Å². The Morgan fingerprint density at radius 3 is 2.64 bits per heavy atom. The zero-order valence-corrected chi connectivity index (χ0v) is 16.1. The molecular formula is C18H16BrNO4S. The predicted molar refractivity (Wildman–Crippen MR) is 99.4 cm³/mol. The number of rotatable bonds is 4. The summed E-state index contributed by atoms with van der Waals surface area (Å²) in [7, 11) is 0. The molecule has 5 nitrogen and oxygen atoms in total. The summed E-state index contributed by atoms with van der Waals surface area (Å²) in [4.78, 5) is 38.4. The highest BCUT2D eigenvalue weighted by atomic mass is 79.9. The van der Waals surface area contributed by atoms with Gasteiger partial charge in [0, 0.05) is 24.7 Å². The van der Waals surface area contributed by atoms with Crippen molar-refractivity contribution in [2.45, 2.75) is 26.4 Å². The van der Waals surface area contributed by atoms with Crippen LogP contribution in [-0.4, -0.2) is 30.3 Å². The number of fused-ring (bicyclic) bond motifs is 1. The fourth-order valence-electron chi connectivity index (χ4n) is 2.81. The average molecular weight is 422 g/mol. The van der Waals surface area contributed by atoms with Gasteiger partial charge in [-0.2, -0.15) is 0 Å². The Morgan fingerprint density at radius 2 is 2.00 bits per heavy atom. The molecular weight excluding hydrogens is 406 g/mol. The van der Waals surface area contributed by atoms with Crippen LogP contribution in [0.3, 0.4) is 0 Å². The van der Waals surface area contributed by atoms with Crippen molar-refractivity contribution in [2.24, 2.45) is 0 Å². The second kappa shape index (κ2) is 7.09. The molecule has 1 amide bonds. The van der Waals surface area contributed by atoms with Crippen LogP contribution in [0.4, 0.5) is 5.69 Å². The molecule has 0 saturated carbocycles. The molecule has 0 spiro atoms. The minimum absolute atomic E-state index is 0.0118. The van der Waals surface area contributed by atoms with Crippen LogP contribution >= 0.6 is 27.3 Å². The number of carbonyl (C=O) groups is 3. The highest BCUT2D eigenvalue weighted by Gasteiger charge is 2.26. The van der Waals surface area contributed by atoms with Crippen LogP contribution in [-0.2, 0) is 16.0 Å². The molecule has 1 unspecified atom stereocenters. The molecule has 7 heteroatoms. The first kappa shape index (κ1) is 17.8. The fourth-order valence-corrected chi connectivity index (χ4v) is 4.08. The topological polar surface area (TPSA) is 63.7 Å². The maximum atomic E-state index is 12.6. The van der Waals surface area contributed by atoms with E-state index in [9.17, 15) is 14.4 Å². The summed E-state index contributed by atoms with van der Waals surface area (Å²) >= 11 is 4.55. The van der Waals surface area contributed by atoms with E-state index in [-0.39, 0.29) is 11.7 Å². The standard InChI is InChI=1S/C18H16BrNO4S/c1-10(24-18(23)15-5-6-16(19)25-15)17(22)13-3-4-14-12(9-13)7-8-20(14)11(2)21/h3-6,9-10H,7-8H2,1-2H3. The molecule has 3 rings (SSSR count). The van der Waals surface area contributed by atoms with Crippen LogP contribution in [0.15, 0.2) is 34.1 Å². The third kappa shape index (κ3) is 3.67. The van der Waals surface area contributed by atoms with Gasteiger partial charge in [-0.15, -0.1) is 11.3 Å². The first-order valence-corrected chi connectivity index (χ1v) is 9.39. The van der Waals surface area contributed by atoms with Gasteiger partial charge in [0.2, 0.25) is 11.7 Å². The highest BCUT2D eigenvalue weighted by Crippen LogP contribution is 2.29. The number of carbonyl (C=O) groups excluding carboxylic acids is 3. The Kier molecular flexibility index (Phi) is 5.06. The molecule has 1 aliphatic heterocycles. The third-order valence-electron chi connectivity index (χ3n) is 4.07. The van der Waals surface area contributed by atoms with Gasteiger partial charge in [0.1, 0.15) is 4.88 Å². The Bertz CT molecular complexity index is 861. The first-order valence-electron chi connectivity index (χ1n) is 7.78. The molecule has 0 aliphatic carbocycles. The maximum Gasteiger partial charge on any atom is 0.349 e. The van der Waals surface area contributed by atoms with E-state index < -0.39 is 12.1 Å². The van der Waals surface area contributed by atoms with Crippen LogP contribution in [0.25, 0.3) is 0 Å². The molecule has 0 N–H and O–H groups in total. The molecule has 0 bridgehead atoms. The molecule has 25 heavy (non-hydrogen) atoms. The Morgan fingerprint density at radius 1 is 1.24 bits per heavy atom. The number of halogens is 1. The van der Waals surface area contributed by atoms with Gasteiger partial charge in [-0.1, -0.05) is 0 Å². The molecule has 2 aromatic rings. The monoisotopic (exact) mass is 421 g/mol. The van der Waals surface area contributed by atoms with Crippen LogP contribution in [0.5, 0.6) is 0 Å². The summed E-state index contributed by atoms with van der Waals surface area (Å²) in [5, 5.41) is 0. The zero-order valence-electron chi connectivity index (χ0n) is 13.7. The van der Waals surface area contributed by atoms with Crippen molar-refractivity contribution >= 4 is 50.6 Å². The van der Waals surface area contributed by atoms with E-state index in [0.29, 0.717) is 23.4 Å². The molecule has 1 aliphatic rings. The summed E-state index contributed by atoms with van der Waals surface area (Å²) in [5.74, 6) is -0.782. The number of ketones is 1. The number of anilines is 1. The molecule has 130 valence electrons. The number of nitrogens with zero attached hydrogens (tertiary/aromatic N) is 1. The van der Waals surface area contributed by atoms with E-state index in [1.165, 1.54) is 18.3 Å². The molecule has 1 atom stereocenters. The number of amides is 1. The third-order valence-corrected chi connectivity index (χ3v) is 5.67. The molecule has 2 heterocycles. The van der Waals surface area contributed by atoms with Gasteiger partial charge in [-0.25, -0.2) is 4.79 Å². The van der Waals surface area contributed by atoms with Crippen LogP contribution in [0, 0.1) is 0 Å². The second-order valence-corrected chi connectivity index (χ2v) is 8.24. The van der Waals surface area contributed by atoms with E-state index in [1.54, 1.807) is 42.2 Å². The lowest BCUT2D eigenvalue weighted by atomic mass is 10.0. The van der Waals surface area contributed by atoms with E-state index >= 15 is 0 Å². The fraction of sp³-hybridized carbons (Fsp3) is 0.278. The Hall–Kier alpha value is -1.99. The van der Waals surface area contributed by atoms with E-state index in [0.717, 1.165) is 15.0 Å². The van der Waals surface area contributed by atoms with Gasteiger partial charge in [0.25, 0.3) is 0 Å². The molecule has 1 aromatic carbocycles. The van der Waals surface area contributed by atoms with Gasteiger partial charge in [-0.05, 0) is 65.2 Å². The van der Waals surface area contributed by atoms with E-state index in [1.807, 2.05) is 0 Å². The summed E-state index contributed by atoms with van der Waals surface area (Å²) in [6.45, 7) is 3.72. The lowest BCUT2D eigenvalue weighted by Crippen LogP contribution is -2.26. The van der Waals surface area contributed by atoms with Gasteiger partial charge >= 0.3 is 5.97 Å². The minimum Gasteiger partial charge on any atom is -0.450 e. The molecule has 0 saturated heterocycles. The highest BCUT2D eigenvalue weighted by molar-refractivity contribution is 9.11. The van der Waals surface area contributed by atoms with Crippen molar-refractivity contribution in [3.05, 3.63) is 50.1 Å². The van der Waals surface area contributed by atoms with Crippen LogP contribution in [0.2, 0.25) is 0 Å². The normalized spacial score (nSPS) is 14.1. The molecule has 0 radical (unpaired) electrons.